The highest BCUT2D eigenvalue weighted by molar-refractivity contribution is 6.19. The van der Waals surface area contributed by atoms with Gasteiger partial charge in [-0.05, 0) is 13.0 Å². The number of amidine groups is 1. The molecule has 0 radical (unpaired) electrons. The molecule has 0 spiro atoms. The largest absolute Gasteiger partial charge is 0.302 e. The van der Waals surface area contributed by atoms with Gasteiger partial charge >= 0.3 is 0 Å². The molecular weight excluding hydrogens is 152 g/mol. The standard InChI is InChI=1S/C9H8N2O/c1-6-10-8-4-2-3-7(5-12)9(8)11-6/h2-5,7H,1H3. The first-order valence-electron chi connectivity index (χ1n) is 3.79. The number of hydrogen-bond donors (Lipinski definition) is 0. The molecule has 0 aromatic carbocycles. The molecule has 3 heteroatoms. The fourth-order valence-electron chi connectivity index (χ4n) is 1.32. The quantitative estimate of drug-likeness (QED) is 0.530. The lowest BCUT2D eigenvalue weighted by molar-refractivity contribution is -0.108. The Morgan fingerprint density at radius 2 is 2.33 bits per heavy atom. The molecule has 3 nitrogen and oxygen atoms in total. The number of carbonyl (C=O) groups is 1. The average molecular weight is 160 g/mol. The Hall–Kier alpha value is -1.51. The predicted molar refractivity (Wildman–Crippen MR) is 47.3 cm³/mol. The minimum absolute atomic E-state index is 0.203. The molecule has 1 aliphatic carbocycles. The molecule has 0 aromatic rings. The smallest absolute Gasteiger partial charge is 0.132 e. The number of hydrogen-bond acceptors (Lipinski definition) is 3. The highest BCUT2D eigenvalue weighted by atomic mass is 16.1. The first kappa shape index (κ1) is 7.16. The van der Waals surface area contributed by atoms with Crippen LogP contribution in [0.1, 0.15) is 6.92 Å². The number of allylic oxidation sites excluding steroid dienone is 4. The molecule has 0 fully saturated rings. The predicted octanol–water partition coefficient (Wildman–Crippen LogP) is 1.13. The number of carbonyl (C=O) groups excluding carboxylic acids is 1. The van der Waals surface area contributed by atoms with Crippen LogP contribution in [0.2, 0.25) is 0 Å². The van der Waals surface area contributed by atoms with Gasteiger partial charge in [0, 0.05) is 0 Å². The van der Waals surface area contributed by atoms with E-state index in [1.165, 1.54) is 0 Å². The summed E-state index contributed by atoms with van der Waals surface area (Å²) in [6.07, 6.45) is 6.42. The van der Waals surface area contributed by atoms with Crippen molar-refractivity contribution in [1.29, 1.82) is 0 Å². The van der Waals surface area contributed by atoms with E-state index in [1.54, 1.807) is 0 Å². The molecule has 1 unspecified atom stereocenters. The van der Waals surface area contributed by atoms with Gasteiger partial charge in [-0.2, -0.15) is 0 Å². The van der Waals surface area contributed by atoms with Gasteiger partial charge in [0.2, 0.25) is 0 Å². The van der Waals surface area contributed by atoms with E-state index in [1.807, 2.05) is 25.2 Å². The highest BCUT2D eigenvalue weighted by Gasteiger charge is 2.22. The molecule has 1 atom stereocenters. The summed E-state index contributed by atoms with van der Waals surface area (Å²) in [5, 5.41) is 0. The van der Waals surface area contributed by atoms with Crippen molar-refractivity contribution >= 4 is 17.8 Å². The molecule has 0 bridgehead atoms. The maximum absolute atomic E-state index is 10.6. The fourth-order valence-corrected chi connectivity index (χ4v) is 1.32. The molecule has 2 aliphatic rings. The summed E-state index contributed by atoms with van der Waals surface area (Å²) in [5.41, 5.74) is 1.61. The second-order valence-electron chi connectivity index (χ2n) is 2.75. The van der Waals surface area contributed by atoms with Crippen molar-refractivity contribution in [3.8, 4) is 0 Å². The van der Waals surface area contributed by atoms with Gasteiger partial charge in [0.25, 0.3) is 0 Å². The van der Waals surface area contributed by atoms with Crippen molar-refractivity contribution in [3.63, 3.8) is 0 Å². The number of fused-ring (bicyclic) bond motifs is 1. The van der Waals surface area contributed by atoms with Gasteiger partial charge in [0.15, 0.2) is 0 Å². The van der Waals surface area contributed by atoms with Crippen LogP contribution in [-0.2, 0) is 4.79 Å². The van der Waals surface area contributed by atoms with Crippen LogP contribution < -0.4 is 0 Å². The Morgan fingerprint density at radius 3 is 3.08 bits per heavy atom. The average Bonchev–Trinajstić information content (AvgIpc) is 2.44. The van der Waals surface area contributed by atoms with Crippen LogP contribution in [-0.4, -0.2) is 17.8 Å². The van der Waals surface area contributed by atoms with E-state index >= 15 is 0 Å². The van der Waals surface area contributed by atoms with Gasteiger partial charge in [0.05, 0.1) is 17.3 Å². The van der Waals surface area contributed by atoms with E-state index < -0.39 is 0 Å². The van der Waals surface area contributed by atoms with Gasteiger partial charge in [-0.1, -0.05) is 12.2 Å². The number of aldehydes is 1. The Labute approximate surface area is 70.2 Å². The van der Waals surface area contributed by atoms with Gasteiger partial charge in [-0.15, -0.1) is 0 Å². The zero-order valence-corrected chi connectivity index (χ0v) is 6.69. The summed E-state index contributed by atoms with van der Waals surface area (Å²) in [7, 11) is 0. The van der Waals surface area contributed by atoms with Crippen LogP contribution in [0.25, 0.3) is 0 Å². The Morgan fingerprint density at radius 1 is 1.50 bits per heavy atom. The number of rotatable bonds is 1. The molecule has 12 heavy (non-hydrogen) atoms. The normalized spacial score (nSPS) is 25.8. The minimum Gasteiger partial charge on any atom is -0.302 e. The lowest BCUT2D eigenvalue weighted by atomic mass is 9.98. The SMILES string of the molecule is CC1=NC2=CC=CC(C=O)C2=N1. The molecule has 0 saturated heterocycles. The maximum atomic E-state index is 10.6. The molecule has 1 heterocycles. The van der Waals surface area contributed by atoms with Crippen molar-refractivity contribution in [2.24, 2.45) is 15.9 Å². The van der Waals surface area contributed by atoms with Crippen LogP contribution in [0.3, 0.4) is 0 Å². The van der Waals surface area contributed by atoms with E-state index in [2.05, 4.69) is 9.98 Å². The summed E-state index contributed by atoms with van der Waals surface area (Å²) in [6.45, 7) is 1.83. The van der Waals surface area contributed by atoms with Crippen LogP contribution in [0.4, 0.5) is 0 Å². The van der Waals surface area contributed by atoms with Crippen molar-refractivity contribution in [3.05, 3.63) is 23.9 Å². The summed E-state index contributed by atoms with van der Waals surface area (Å²) in [5.74, 6) is 0.526. The Kier molecular flexibility index (Phi) is 1.50. The van der Waals surface area contributed by atoms with Gasteiger partial charge in [-0.25, -0.2) is 9.98 Å². The summed E-state index contributed by atoms with van der Waals surface area (Å²) in [4.78, 5) is 19.0. The van der Waals surface area contributed by atoms with Crippen LogP contribution in [0.5, 0.6) is 0 Å². The monoisotopic (exact) mass is 160 g/mol. The molecule has 1 aliphatic heterocycles. The molecule has 60 valence electrons. The first-order chi connectivity index (χ1) is 5.81. The third-order valence-corrected chi connectivity index (χ3v) is 1.86. The molecular formula is C9H8N2O. The third kappa shape index (κ3) is 0.942. The van der Waals surface area contributed by atoms with Gasteiger partial charge < -0.3 is 4.79 Å². The van der Waals surface area contributed by atoms with E-state index in [0.29, 0.717) is 0 Å². The van der Waals surface area contributed by atoms with Crippen molar-refractivity contribution in [1.82, 2.24) is 0 Å². The van der Waals surface area contributed by atoms with Crippen molar-refractivity contribution in [2.75, 3.05) is 0 Å². The fraction of sp³-hybridized carbons (Fsp3) is 0.222. The lowest BCUT2D eigenvalue weighted by Gasteiger charge is -2.08. The lowest BCUT2D eigenvalue weighted by Crippen LogP contribution is -2.15. The Balaban J connectivity index is 2.43. The maximum Gasteiger partial charge on any atom is 0.132 e. The zero-order chi connectivity index (χ0) is 8.55. The minimum atomic E-state index is -0.203. The zero-order valence-electron chi connectivity index (χ0n) is 6.69. The topological polar surface area (TPSA) is 41.8 Å². The summed E-state index contributed by atoms with van der Waals surface area (Å²) >= 11 is 0. The van der Waals surface area contributed by atoms with Crippen LogP contribution in [0.15, 0.2) is 33.9 Å². The molecule has 2 rings (SSSR count). The number of nitrogens with zero attached hydrogens (tertiary/aromatic N) is 2. The van der Waals surface area contributed by atoms with Gasteiger partial charge in [0.1, 0.15) is 12.1 Å². The highest BCUT2D eigenvalue weighted by Crippen LogP contribution is 2.20. The first-order valence-corrected chi connectivity index (χ1v) is 3.79. The van der Waals surface area contributed by atoms with E-state index in [0.717, 1.165) is 23.5 Å². The van der Waals surface area contributed by atoms with Crippen molar-refractivity contribution < 1.29 is 4.79 Å². The molecule has 0 saturated carbocycles. The van der Waals surface area contributed by atoms with E-state index in [9.17, 15) is 4.79 Å². The van der Waals surface area contributed by atoms with E-state index in [4.69, 9.17) is 0 Å². The van der Waals surface area contributed by atoms with Crippen molar-refractivity contribution in [2.45, 2.75) is 6.92 Å². The van der Waals surface area contributed by atoms with E-state index in [-0.39, 0.29) is 5.92 Å². The molecule has 0 amide bonds. The molecule has 0 aromatic heterocycles. The number of aliphatic imine (C=N–C) groups is 2. The van der Waals surface area contributed by atoms with Gasteiger partial charge in [-0.3, -0.25) is 0 Å². The van der Waals surface area contributed by atoms with Crippen LogP contribution in [0, 0.1) is 5.92 Å². The third-order valence-electron chi connectivity index (χ3n) is 1.86. The summed E-state index contributed by atoms with van der Waals surface area (Å²) < 4.78 is 0. The second-order valence-corrected chi connectivity index (χ2v) is 2.75. The molecule has 0 N–H and O–H groups in total. The second kappa shape index (κ2) is 2.52. The summed E-state index contributed by atoms with van der Waals surface area (Å²) in [6, 6.07) is 0. The van der Waals surface area contributed by atoms with Crippen LogP contribution >= 0.6 is 0 Å². The Bertz CT molecular complexity index is 348.